The Morgan fingerprint density at radius 1 is 1.23 bits per heavy atom. The summed E-state index contributed by atoms with van der Waals surface area (Å²) in [7, 11) is 0. The zero-order valence-electron chi connectivity index (χ0n) is 9.56. The number of nitrogens with two attached hydrogens (primary N) is 1. The molecule has 2 atom stereocenters. The summed E-state index contributed by atoms with van der Waals surface area (Å²) in [6, 6.07) is 0. The van der Waals surface area contributed by atoms with Crippen LogP contribution < -0.4 is 5.73 Å². The van der Waals surface area contributed by atoms with Gasteiger partial charge in [0.05, 0.1) is 5.60 Å². The van der Waals surface area contributed by atoms with Crippen LogP contribution in [-0.4, -0.2) is 17.3 Å². The lowest BCUT2D eigenvalue weighted by Crippen LogP contribution is -2.48. The number of hydrogen-bond donors (Lipinski definition) is 2. The van der Waals surface area contributed by atoms with E-state index < -0.39 is 5.60 Å². The molecule has 0 aromatic rings. The Labute approximate surface area is 82.5 Å². The summed E-state index contributed by atoms with van der Waals surface area (Å²) in [5.74, 6) is 0. The van der Waals surface area contributed by atoms with Crippen molar-refractivity contribution in [2.24, 2.45) is 11.1 Å². The first-order valence-electron chi connectivity index (χ1n) is 5.36. The zero-order chi connectivity index (χ0) is 10.5. The van der Waals surface area contributed by atoms with Gasteiger partial charge in [0, 0.05) is 12.0 Å². The van der Waals surface area contributed by atoms with Gasteiger partial charge in [0.15, 0.2) is 0 Å². The van der Waals surface area contributed by atoms with Crippen LogP contribution in [0.25, 0.3) is 0 Å². The van der Waals surface area contributed by atoms with Crippen molar-refractivity contribution >= 4 is 0 Å². The van der Waals surface area contributed by atoms with Crippen LogP contribution in [0.15, 0.2) is 0 Å². The molecule has 13 heavy (non-hydrogen) atoms. The van der Waals surface area contributed by atoms with Gasteiger partial charge in [0.1, 0.15) is 0 Å². The Bertz CT molecular complexity index is 139. The average Bonchev–Trinajstić information content (AvgIpc) is 2.13. The molecular formula is C11H25NO. The van der Waals surface area contributed by atoms with Crippen molar-refractivity contribution in [2.45, 2.75) is 59.0 Å². The van der Waals surface area contributed by atoms with Crippen molar-refractivity contribution in [1.82, 2.24) is 0 Å². The van der Waals surface area contributed by atoms with Crippen molar-refractivity contribution in [1.29, 1.82) is 0 Å². The second-order valence-corrected chi connectivity index (χ2v) is 4.50. The Morgan fingerprint density at radius 3 is 2.08 bits per heavy atom. The normalized spacial score (nSPS) is 20.8. The molecule has 0 heterocycles. The van der Waals surface area contributed by atoms with E-state index in [-0.39, 0.29) is 5.41 Å². The second kappa shape index (κ2) is 4.97. The molecule has 0 bridgehead atoms. The lowest BCUT2D eigenvalue weighted by atomic mass is 9.70. The van der Waals surface area contributed by atoms with E-state index in [1.807, 2.05) is 6.92 Å². The highest BCUT2D eigenvalue weighted by Gasteiger charge is 2.39. The summed E-state index contributed by atoms with van der Waals surface area (Å²) >= 11 is 0. The molecule has 0 radical (unpaired) electrons. The number of hydrogen-bond acceptors (Lipinski definition) is 2. The van der Waals surface area contributed by atoms with E-state index >= 15 is 0 Å². The van der Waals surface area contributed by atoms with Crippen molar-refractivity contribution < 1.29 is 5.11 Å². The highest BCUT2D eigenvalue weighted by atomic mass is 16.3. The van der Waals surface area contributed by atoms with Gasteiger partial charge in [0.25, 0.3) is 0 Å². The first-order valence-corrected chi connectivity index (χ1v) is 5.36. The van der Waals surface area contributed by atoms with E-state index in [0.29, 0.717) is 6.54 Å². The van der Waals surface area contributed by atoms with Crippen LogP contribution in [0.5, 0.6) is 0 Å². The zero-order valence-corrected chi connectivity index (χ0v) is 9.56. The van der Waals surface area contributed by atoms with Gasteiger partial charge in [-0.25, -0.2) is 0 Å². The fourth-order valence-electron chi connectivity index (χ4n) is 1.57. The Balaban J connectivity index is 4.37. The molecule has 80 valence electrons. The van der Waals surface area contributed by atoms with E-state index in [9.17, 15) is 5.11 Å². The lowest BCUT2D eigenvalue weighted by Gasteiger charge is -2.41. The van der Waals surface area contributed by atoms with Crippen LogP contribution >= 0.6 is 0 Å². The minimum atomic E-state index is -0.619. The number of rotatable bonds is 6. The molecule has 0 fully saturated rings. The lowest BCUT2D eigenvalue weighted by molar-refractivity contribution is -0.0660. The van der Waals surface area contributed by atoms with Gasteiger partial charge in [-0.2, -0.15) is 0 Å². The van der Waals surface area contributed by atoms with Gasteiger partial charge in [-0.1, -0.05) is 33.6 Å². The summed E-state index contributed by atoms with van der Waals surface area (Å²) in [6.07, 6.45) is 3.98. The van der Waals surface area contributed by atoms with E-state index in [1.165, 1.54) is 0 Å². The molecule has 0 aromatic heterocycles. The highest BCUT2D eigenvalue weighted by molar-refractivity contribution is 4.92. The predicted octanol–water partition coefficient (Wildman–Crippen LogP) is 2.30. The van der Waals surface area contributed by atoms with Gasteiger partial charge in [-0.05, 0) is 19.8 Å². The Kier molecular flexibility index (Phi) is 4.93. The average molecular weight is 187 g/mol. The largest absolute Gasteiger partial charge is 0.390 e. The molecule has 2 unspecified atom stereocenters. The molecule has 0 aliphatic heterocycles. The van der Waals surface area contributed by atoms with E-state index in [4.69, 9.17) is 5.73 Å². The molecule has 0 rings (SSSR count). The van der Waals surface area contributed by atoms with Crippen LogP contribution in [0.4, 0.5) is 0 Å². The van der Waals surface area contributed by atoms with Crippen LogP contribution in [0.1, 0.15) is 53.4 Å². The molecule has 0 aliphatic carbocycles. The topological polar surface area (TPSA) is 46.2 Å². The van der Waals surface area contributed by atoms with Crippen LogP contribution in [-0.2, 0) is 0 Å². The van der Waals surface area contributed by atoms with Crippen molar-refractivity contribution in [2.75, 3.05) is 6.54 Å². The van der Waals surface area contributed by atoms with Crippen LogP contribution in [0.2, 0.25) is 0 Å². The summed E-state index contributed by atoms with van der Waals surface area (Å²) in [4.78, 5) is 0. The third kappa shape index (κ3) is 2.96. The smallest absolute Gasteiger partial charge is 0.0685 e. The maximum atomic E-state index is 10.3. The van der Waals surface area contributed by atoms with Gasteiger partial charge in [-0.3, -0.25) is 0 Å². The minimum Gasteiger partial charge on any atom is -0.390 e. The quantitative estimate of drug-likeness (QED) is 0.670. The van der Waals surface area contributed by atoms with Crippen LogP contribution in [0, 0.1) is 5.41 Å². The van der Waals surface area contributed by atoms with Crippen molar-refractivity contribution in [3.63, 3.8) is 0 Å². The maximum Gasteiger partial charge on any atom is 0.0685 e. The van der Waals surface area contributed by atoms with E-state index in [0.717, 1.165) is 25.7 Å². The van der Waals surface area contributed by atoms with Gasteiger partial charge in [0.2, 0.25) is 0 Å². The van der Waals surface area contributed by atoms with E-state index in [1.54, 1.807) is 0 Å². The molecule has 0 spiro atoms. The molecule has 0 aliphatic rings. The molecule has 0 saturated heterocycles. The molecule has 2 nitrogen and oxygen atoms in total. The molecule has 2 heteroatoms. The summed E-state index contributed by atoms with van der Waals surface area (Å²) in [5, 5.41) is 10.3. The molecule has 0 amide bonds. The molecular weight excluding hydrogens is 162 g/mol. The molecule has 0 aromatic carbocycles. The SMILES string of the molecule is CCCCC(C)(O)C(C)(CC)CN. The Hall–Kier alpha value is -0.0800. The Morgan fingerprint density at radius 2 is 1.77 bits per heavy atom. The standard InChI is InChI=1S/C11H25NO/c1-5-7-8-11(4,13)10(3,6-2)9-12/h13H,5-9,12H2,1-4H3. The van der Waals surface area contributed by atoms with Crippen molar-refractivity contribution in [3.8, 4) is 0 Å². The fourth-order valence-corrected chi connectivity index (χ4v) is 1.57. The van der Waals surface area contributed by atoms with Gasteiger partial charge >= 0.3 is 0 Å². The predicted molar refractivity (Wildman–Crippen MR) is 57.6 cm³/mol. The molecule has 0 saturated carbocycles. The monoisotopic (exact) mass is 187 g/mol. The number of aliphatic hydroxyl groups is 1. The first-order chi connectivity index (χ1) is 5.93. The fraction of sp³-hybridized carbons (Fsp3) is 1.00. The minimum absolute atomic E-state index is 0.137. The third-order valence-corrected chi connectivity index (χ3v) is 3.55. The summed E-state index contributed by atoms with van der Waals surface area (Å²) < 4.78 is 0. The second-order valence-electron chi connectivity index (χ2n) is 4.50. The molecule has 3 N–H and O–H groups in total. The van der Waals surface area contributed by atoms with Crippen molar-refractivity contribution in [3.05, 3.63) is 0 Å². The van der Waals surface area contributed by atoms with Gasteiger partial charge in [-0.15, -0.1) is 0 Å². The van der Waals surface area contributed by atoms with E-state index in [2.05, 4.69) is 20.8 Å². The van der Waals surface area contributed by atoms with Crippen LogP contribution in [0.3, 0.4) is 0 Å². The number of unbranched alkanes of at least 4 members (excludes halogenated alkanes) is 1. The highest BCUT2D eigenvalue weighted by Crippen LogP contribution is 2.36. The summed E-state index contributed by atoms with van der Waals surface area (Å²) in [5.41, 5.74) is 4.96. The summed E-state index contributed by atoms with van der Waals surface area (Å²) in [6.45, 7) is 8.77. The third-order valence-electron chi connectivity index (χ3n) is 3.55. The maximum absolute atomic E-state index is 10.3. The van der Waals surface area contributed by atoms with Gasteiger partial charge < -0.3 is 10.8 Å². The first kappa shape index (κ1) is 12.9.